The monoisotopic (exact) mass is 442 g/mol. The van der Waals surface area contributed by atoms with E-state index < -0.39 is 29.6 Å². The summed E-state index contributed by atoms with van der Waals surface area (Å²) in [5, 5.41) is 9.52. The number of ether oxygens (including phenoxy) is 4. The van der Waals surface area contributed by atoms with Crippen LogP contribution in [0.4, 0.5) is 4.79 Å². The molecule has 0 amide bonds. The van der Waals surface area contributed by atoms with Crippen LogP contribution in [0.25, 0.3) is 0 Å². The van der Waals surface area contributed by atoms with Gasteiger partial charge in [-0.15, -0.1) is 0 Å². The van der Waals surface area contributed by atoms with Gasteiger partial charge in [0.25, 0.3) is 0 Å². The van der Waals surface area contributed by atoms with Crippen molar-refractivity contribution in [1.82, 2.24) is 0 Å². The zero-order valence-corrected chi connectivity index (χ0v) is 18.1. The number of hydrogen-bond acceptors (Lipinski definition) is 8. The normalized spacial score (nSPS) is 12.1. The second kappa shape index (κ2) is 11.5. The molecule has 1 unspecified atom stereocenters. The molecule has 0 bridgehead atoms. The predicted octanol–water partition coefficient (Wildman–Crippen LogP) is 3.74. The van der Waals surface area contributed by atoms with E-state index in [2.05, 4.69) is 4.74 Å². The molecule has 0 aliphatic rings. The van der Waals surface area contributed by atoms with Crippen molar-refractivity contribution in [3.8, 4) is 5.75 Å². The van der Waals surface area contributed by atoms with Crippen molar-refractivity contribution in [3.05, 3.63) is 77.9 Å². The van der Waals surface area contributed by atoms with E-state index in [1.165, 1.54) is 33.5 Å². The van der Waals surface area contributed by atoms with Gasteiger partial charge >= 0.3 is 18.1 Å². The van der Waals surface area contributed by atoms with Gasteiger partial charge < -0.3 is 24.1 Å². The van der Waals surface area contributed by atoms with Gasteiger partial charge in [0.15, 0.2) is 5.41 Å². The van der Waals surface area contributed by atoms with Crippen LogP contribution in [0.2, 0.25) is 0 Å². The molecule has 0 aromatic heterocycles. The summed E-state index contributed by atoms with van der Waals surface area (Å²) in [5.41, 5.74) is -0.379. The van der Waals surface area contributed by atoms with Crippen LogP contribution >= 0.6 is 0 Å². The Morgan fingerprint density at radius 2 is 1.50 bits per heavy atom. The molecule has 0 aliphatic carbocycles. The maximum Gasteiger partial charge on any atom is 0.508 e. The minimum absolute atomic E-state index is 0.0230. The minimum Gasteiger partial charge on any atom is -0.508 e. The molecule has 2 rings (SSSR count). The summed E-state index contributed by atoms with van der Waals surface area (Å²) in [4.78, 5) is 37.2. The Hall–Kier alpha value is -3.81. The van der Waals surface area contributed by atoms with Crippen LogP contribution in [0.5, 0.6) is 5.75 Å². The molecule has 0 saturated carbocycles. The summed E-state index contributed by atoms with van der Waals surface area (Å²) in [6, 6.07) is 15.0. The van der Waals surface area contributed by atoms with Crippen molar-refractivity contribution in [2.75, 3.05) is 21.3 Å². The molecule has 170 valence electrons. The van der Waals surface area contributed by atoms with Crippen LogP contribution in [-0.2, 0) is 35.0 Å². The van der Waals surface area contributed by atoms with Crippen molar-refractivity contribution in [1.29, 1.82) is 0 Å². The van der Waals surface area contributed by atoms with Crippen LogP contribution in [0.1, 0.15) is 23.7 Å². The first-order valence-corrected chi connectivity index (χ1v) is 9.77. The van der Waals surface area contributed by atoms with Gasteiger partial charge in [0.05, 0.1) is 21.3 Å². The van der Waals surface area contributed by atoms with E-state index in [1.54, 1.807) is 48.6 Å². The number of rotatable bonds is 9. The number of aromatic hydroxyl groups is 1. The molecule has 1 N–H and O–H groups in total. The van der Waals surface area contributed by atoms with Gasteiger partial charge in [0.2, 0.25) is 0 Å². The van der Waals surface area contributed by atoms with Gasteiger partial charge in [-0.1, -0.05) is 48.5 Å². The molecular weight excluding hydrogens is 416 g/mol. The highest BCUT2D eigenvalue weighted by Gasteiger charge is 2.47. The van der Waals surface area contributed by atoms with Gasteiger partial charge in [0, 0.05) is 0 Å². The standard InChI is InChI=1S/C24H26O8/c1-29-21(26)24(22(27)30-2,16-17-11-13-19(25)14-12-17)15-7-10-20(32-23(28)31-3)18-8-5-4-6-9-18/h4-14,20,25H,15-16H2,1-3H3/b10-7+. The summed E-state index contributed by atoms with van der Waals surface area (Å²) in [5.74, 6) is -1.49. The third-order valence-corrected chi connectivity index (χ3v) is 4.89. The van der Waals surface area contributed by atoms with Crippen LogP contribution < -0.4 is 0 Å². The fourth-order valence-electron chi connectivity index (χ4n) is 3.23. The Balaban J connectivity index is 2.38. The quantitative estimate of drug-likeness (QED) is 0.271. The zero-order valence-electron chi connectivity index (χ0n) is 18.1. The highest BCUT2D eigenvalue weighted by Crippen LogP contribution is 2.33. The SMILES string of the molecule is COC(=O)OC(/C=C/CC(Cc1ccc(O)cc1)(C(=O)OC)C(=O)OC)c1ccccc1. The Bertz CT molecular complexity index is 918. The summed E-state index contributed by atoms with van der Waals surface area (Å²) in [6.07, 6.45) is 1.34. The maximum absolute atomic E-state index is 12.8. The number of carbonyl (C=O) groups is 3. The third kappa shape index (κ3) is 6.10. The summed E-state index contributed by atoms with van der Waals surface area (Å²) in [7, 11) is 3.58. The van der Waals surface area contributed by atoms with Crippen LogP contribution in [-0.4, -0.2) is 44.5 Å². The Labute approximate surface area is 186 Å². The lowest BCUT2D eigenvalue weighted by atomic mass is 9.78. The minimum atomic E-state index is -1.68. The predicted molar refractivity (Wildman–Crippen MR) is 115 cm³/mol. The van der Waals surface area contributed by atoms with Gasteiger partial charge in [-0.25, -0.2) is 4.79 Å². The molecule has 2 aromatic carbocycles. The average Bonchev–Trinajstić information content (AvgIpc) is 2.83. The van der Waals surface area contributed by atoms with Crippen molar-refractivity contribution in [2.45, 2.75) is 18.9 Å². The van der Waals surface area contributed by atoms with Gasteiger partial charge in [0.1, 0.15) is 11.9 Å². The number of phenolic OH excluding ortho intramolecular Hbond substituents is 1. The largest absolute Gasteiger partial charge is 0.508 e. The zero-order chi connectivity index (χ0) is 23.6. The van der Waals surface area contributed by atoms with Crippen molar-refractivity contribution >= 4 is 18.1 Å². The first-order chi connectivity index (χ1) is 15.4. The van der Waals surface area contributed by atoms with Crippen LogP contribution in [0.3, 0.4) is 0 Å². The summed E-state index contributed by atoms with van der Waals surface area (Å²) < 4.78 is 19.7. The summed E-state index contributed by atoms with van der Waals surface area (Å²) >= 11 is 0. The van der Waals surface area contributed by atoms with Crippen LogP contribution in [0.15, 0.2) is 66.7 Å². The molecule has 32 heavy (non-hydrogen) atoms. The first kappa shape index (κ1) is 24.5. The molecule has 0 heterocycles. The highest BCUT2D eigenvalue weighted by molar-refractivity contribution is 6.00. The highest BCUT2D eigenvalue weighted by atomic mass is 16.7. The molecular formula is C24H26O8. The van der Waals surface area contributed by atoms with Gasteiger partial charge in [-0.05, 0) is 42.2 Å². The number of methoxy groups -OCH3 is 3. The Kier molecular flexibility index (Phi) is 8.83. The van der Waals surface area contributed by atoms with Crippen LogP contribution in [0, 0.1) is 5.41 Å². The number of phenols is 1. The molecule has 8 heteroatoms. The van der Waals surface area contributed by atoms with Crippen molar-refractivity contribution in [3.63, 3.8) is 0 Å². The maximum atomic E-state index is 12.8. The fourth-order valence-corrected chi connectivity index (χ4v) is 3.23. The van der Waals surface area contributed by atoms with E-state index in [-0.39, 0.29) is 18.6 Å². The molecule has 0 spiro atoms. The van der Waals surface area contributed by atoms with Crippen molar-refractivity contribution < 1.29 is 38.4 Å². The molecule has 0 saturated heterocycles. The van der Waals surface area contributed by atoms with E-state index in [1.807, 2.05) is 6.07 Å². The van der Waals surface area contributed by atoms with E-state index in [0.717, 1.165) is 0 Å². The Morgan fingerprint density at radius 1 is 0.906 bits per heavy atom. The lowest BCUT2D eigenvalue weighted by Gasteiger charge is -2.27. The third-order valence-electron chi connectivity index (χ3n) is 4.89. The molecule has 2 aromatic rings. The summed E-state index contributed by atoms with van der Waals surface area (Å²) in [6.45, 7) is 0. The lowest BCUT2D eigenvalue weighted by molar-refractivity contribution is -0.169. The molecule has 8 nitrogen and oxygen atoms in total. The smallest absolute Gasteiger partial charge is 0.508 e. The average molecular weight is 442 g/mol. The molecule has 0 aliphatic heterocycles. The number of hydrogen-bond donors (Lipinski definition) is 1. The lowest BCUT2D eigenvalue weighted by Crippen LogP contribution is -2.43. The second-order valence-electron chi connectivity index (χ2n) is 6.94. The molecule has 1 atom stereocenters. The first-order valence-electron chi connectivity index (χ1n) is 9.77. The van der Waals surface area contributed by atoms with E-state index in [0.29, 0.717) is 11.1 Å². The van der Waals surface area contributed by atoms with Gasteiger partial charge in [-0.2, -0.15) is 0 Å². The van der Waals surface area contributed by atoms with E-state index in [9.17, 15) is 19.5 Å². The van der Waals surface area contributed by atoms with Crippen molar-refractivity contribution in [2.24, 2.45) is 5.41 Å². The second-order valence-corrected chi connectivity index (χ2v) is 6.94. The number of benzene rings is 2. The number of carbonyl (C=O) groups excluding carboxylic acids is 3. The topological polar surface area (TPSA) is 108 Å². The fraction of sp³-hybridized carbons (Fsp3) is 0.292. The van der Waals surface area contributed by atoms with E-state index >= 15 is 0 Å². The number of esters is 2. The van der Waals surface area contributed by atoms with Gasteiger partial charge in [-0.3, -0.25) is 9.59 Å². The molecule has 0 fully saturated rings. The number of allylic oxidation sites excluding steroid dienone is 1. The van der Waals surface area contributed by atoms with E-state index in [4.69, 9.17) is 14.2 Å². The molecule has 0 radical (unpaired) electrons. The Morgan fingerprint density at radius 3 is 2.03 bits per heavy atom.